The Bertz CT molecular complexity index is 326. The van der Waals surface area contributed by atoms with Crippen LogP contribution in [0, 0.1) is 6.92 Å². The lowest BCUT2D eigenvalue weighted by molar-refractivity contribution is 0.259. The van der Waals surface area contributed by atoms with Crippen LogP contribution in [0.3, 0.4) is 0 Å². The Hall–Kier alpha value is -0.970. The third-order valence-corrected chi connectivity index (χ3v) is 1.80. The second kappa shape index (κ2) is 2.96. The normalized spacial score (nSPS) is 10.0. The van der Waals surface area contributed by atoms with E-state index in [0.717, 1.165) is 11.8 Å². The largest absolute Gasteiger partial charge is 0.304 e. The van der Waals surface area contributed by atoms with Gasteiger partial charge in [-0.05, 0) is 13.2 Å². The van der Waals surface area contributed by atoms with E-state index >= 15 is 0 Å². The number of aromatic amines is 1. The van der Waals surface area contributed by atoms with Crippen LogP contribution in [0.2, 0.25) is 0 Å². The Morgan fingerprint density at radius 1 is 1.73 bits per heavy atom. The molecule has 1 rings (SSSR count). The number of aromatic nitrogens is 2. The van der Waals surface area contributed by atoms with Crippen LogP contribution in [-0.4, -0.2) is 21.3 Å². The van der Waals surface area contributed by atoms with Gasteiger partial charge in [0.25, 0.3) is 5.56 Å². The molecular formula is C6H8N2O2S. The van der Waals surface area contributed by atoms with E-state index in [4.69, 9.17) is 0 Å². The topological polar surface area (TPSA) is 54.9 Å². The molecule has 1 aromatic heterocycles. The van der Waals surface area contributed by atoms with Crippen molar-refractivity contribution in [2.45, 2.75) is 6.92 Å². The lowest BCUT2D eigenvalue weighted by Crippen LogP contribution is -2.11. The zero-order chi connectivity index (χ0) is 8.43. The highest BCUT2D eigenvalue weighted by Gasteiger charge is 2.05. The van der Waals surface area contributed by atoms with Gasteiger partial charge in [-0.25, -0.2) is 4.68 Å². The van der Waals surface area contributed by atoms with Gasteiger partial charge in [-0.3, -0.25) is 14.7 Å². The van der Waals surface area contributed by atoms with Crippen LogP contribution in [0.5, 0.6) is 0 Å². The molecule has 4 nitrogen and oxygen atoms in total. The standard InChI is InChI=1S/C6H8N2O2S/c1-4-3-5(9)7-8(4)6(10)11-2/h3H,1-2H3,(H,7,9). The smallest absolute Gasteiger partial charge is 0.268 e. The van der Waals surface area contributed by atoms with E-state index in [9.17, 15) is 9.59 Å². The summed E-state index contributed by atoms with van der Waals surface area (Å²) >= 11 is 1.06. The van der Waals surface area contributed by atoms with Crippen molar-refractivity contribution in [3.8, 4) is 0 Å². The maximum absolute atomic E-state index is 11.0. The zero-order valence-corrected chi connectivity index (χ0v) is 7.07. The number of H-pyrrole nitrogens is 1. The molecular weight excluding hydrogens is 164 g/mol. The summed E-state index contributed by atoms with van der Waals surface area (Å²) in [7, 11) is 0. The summed E-state index contributed by atoms with van der Waals surface area (Å²) in [6.45, 7) is 1.70. The van der Waals surface area contributed by atoms with Crippen molar-refractivity contribution in [1.82, 2.24) is 9.78 Å². The Kier molecular flexibility index (Phi) is 2.19. The molecule has 0 unspecified atom stereocenters. The number of carbonyl (C=O) groups is 1. The molecule has 1 N–H and O–H groups in total. The molecule has 0 bridgehead atoms. The fourth-order valence-electron chi connectivity index (χ4n) is 0.766. The molecule has 0 spiro atoms. The first kappa shape index (κ1) is 8.13. The third-order valence-electron chi connectivity index (χ3n) is 1.27. The molecule has 60 valence electrons. The van der Waals surface area contributed by atoms with Crippen LogP contribution in [0.4, 0.5) is 4.79 Å². The molecule has 11 heavy (non-hydrogen) atoms. The molecule has 0 aliphatic rings. The van der Waals surface area contributed by atoms with Crippen molar-refractivity contribution in [3.63, 3.8) is 0 Å². The van der Waals surface area contributed by atoms with Crippen LogP contribution < -0.4 is 5.56 Å². The lowest BCUT2D eigenvalue weighted by Gasteiger charge is -1.97. The molecule has 0 atom stereocenters. The predicted molar refractivity (Wildman–Crippen MR) is 44.1 cm³/mol. The van der Waals surface area contributed by atoms with Gasteiger partial charge in [0.15, 0.2) is 0 Å². The minimum absolute atomic E-state index is 0.176. The first-order valence-corrected chi connectivity index (χ1v) is 4.24. The SMILES string of the molecule is CSC(=O)n1[nH]c(=O)cc1C. The third kappa shape index (κ3) is 1.54. The van der Waals surface area contributed by atoms with E-state index in [-0.39, 0.29) is 10.8 Å². The average molecular weight is 172 g/mol. The van der Waals surface area contributed by atoms with Gasteiger partial charge in [0.1, 0.15) is 0 Å². The summed E-state index contributed by atoms with van der Waals surface area (Å²) < 4.78 is 1.23. The second-order valence-corrected chi connectivity index (χ2v) is 2.82. The summed E-state index contributed by atoms with van der Waals surface area (Å²) in [6, 6.07) is 1.38. The quantitative estimate of drug-likeness (QED) is 0.630. The van der Waals surface area contributed by atoms with Gasteiger partial charge < -0.3 is 0 Å². The highest BCUT2D eigenvalue weighted by molar-refractivity contribution is 8.13. The molecule has 0 radical (unpaired) electrons. The molecule has 0 saturated heterocycles. The van der Waals surface area contributed by atoms with E-state index in [1.54, 1.807) is 13.2 Å². The van der Waals surface area contributed by atoms with Crippen molar-refractivity contribution in [2.75, 3.05) is 6.26 Å². The minimum atomic E-state index is -0.245. The number of rotatable bonds is 0. The van der Waals surface area contributed by atoms with Crippen molar-refractivity contribution in [2.24, 2.45) is 0 Å². The van der Waals surface area contributed by atoms with E-state index in [1.807, 2.05) is 0 Å². The fraction of sp³-hybridized carbons (Fsp3) is 0.333. The van der Waals surface area contributed by atoms with Gasteiger partial charge in [-0.1, -0.05) is 11.8 Å². The number of nitrogens with zero attached hydrogens (tertiary/aromatic N) is 1. The van der Waals surface area contributed by atoms with Crippen LogP contribution in [-0.2, 0) is 0 Å². The van der Waals surface area contributed by atoms with E-state index in [0.29, 0.717) is 5.69 Å². The molecule has 0 saturated carbocycles. The van der Waals surface area contributed by atoms with Crippen LogP contribution in [0.25, 0.3) is 0 Å². The number of nitrogens with one attached hydrogen (secondary N) is 1. The second-order valence-electron chi connectivity index (χ2n) is 2.07. The van der Waals surface area contributed by atoms with Gasteiger partial charge in [0.2, 0.25) is 0 Å². The van der Waals surface area contributed by atoms with Crippen LogP contribution in [0.15, 0.2) is 10.9 Å². The highest BCUT2D eigenvalue weighted by atomic mass is 32.2. The van der Waals surface area contributed by atoms with Gasteiger partial charge in [0.05, 0.1) is 0 Å². The summed E-state index contributed by atoms with van der Waals surface area (Å²) in [6.07, 6.45) is 1.67. The van der Waals surface area contributed by atoms with E-state index in [1.165, 1.54) is 10.7 Å². The summed E-state index contributed by atoms with van der Waals surface area (Å²) in [5.74, 6) is 0. The molecule has 0 amide bonds. The molecule has 1 heterocycles. The van der Waals surface area contributed by atoms with Crippen molar-refractivity contribution in [3.05, 3.63) is 22.1 Å². The molecule has 5 heteroatoms. The van der Waals surface area contributed by atoms with Crippen molar-refractivity contribution < 1.29 is 4.79 Å². The molecule has 0 aromatic carbocycles. The Balaban J connectivity index is 3.13. The highest BCUT2D eigenvalue weighted by Crippen LogP contribution is 2.01. The van der Waals surface area contributed by atoms with Gasteiger partial charge >= 0.3 is 5.24 Å². The van der Waals surface area contributed by atoms with E-state index < -0.39 is 0 Å². The summed E-state index contributed by atoms with van der Waals surface area (Å²) in [5.41, 5.74) is 0.388. The Labute approximate surface area is 67.6 Å². The van der Waals surface area contributed by atoms with Crippen LogP contribution in [0.1, 0.15) is 5.69 Å². The maximum atomic E-state index is 11.0. The lowest BCUT2D eigenvalue weighted by atomic mass is 10.5. The number of hydrogen-bond acceptors (Lipinski definition) is 3. The molecule has 0 aliphatic heterocycles. The van der Waals surface area contributed by atoms with Crippen molar-refractivity contribution >= 4 is 17.0 Å². The zero-order valence-electron chi connectivity index (χ0n) is 6.25. The van der Waals surface area contributed by atoms with Gasteiger partial charge in [-0.15, -0.1) is 0 Å². The maximum Gasteiger partial charge on any atom is 0.304 e. The fourth-order valence-corrected chi connectivity index (χ4v) is 1.14. The molecule has 0 aliphatic carbocycles. The Morgan fingerprint density at radius 3 is 2.73 bits per heavy atom. The summed E-state index contributed by atoms with van der Waals surface area (Å²) in [5, 5.41) is 2.21. The predicted octanol–water partition coefficient (Wildman–Crippen LogP) is 0.816. The number of aryl methyl sites for hydroxylation is 1. The number of hydrogen-bond donors (Lipinski definition) is 1. The Morgan fingerprint density at radius 2 is 2.36 bits per heavy atom. The first-order valence-electron chi connectivity index (χ1n) is 3.02. The monoisotopic (exact) mass is 172 g/mol. The van der Waals surface area contributed by atoms with E-state index in [2.05, 4.69) is 5.10 Å². The van der Waals surface area contributed by atoms with Gasteiger partial charge in [-0.2, -0.15) is 0 Å². The minimum Gasteiger partial charge on any atom is -0.268 e. The van der Waals surface area contributed by atoms with Gasteiger partial charge in [0, 0.05) is 11.8 Å². The van der Waals surface area contributed by atoms with Crippen molar-refractivity contribution in [1.29, 1.82) is 0 Å². The first-order chi connectivity index (χ1) is 5.15. The number of thioether (sulfide) groups is 1. The average Bonchev–Trinajstić information content (AvgIpc) is 2.28. The van der Waals surface area contributed by atoms with Crippen LogP contribution >= 0.6 is 11.8 Å². The summed E-state index contributed by atoms with van der Waals surface area (Å²) in [4.78, 5) is 21.7. The number of carbonyl (C=O) groups excluding carboxylic acids is 1. The molecule has 0 fully saturated rings. The molecule has 1 aromatic rings.